The number of carbonyl (C=O) groups excluding carboxylic acids is 2. The van der Waals surface area contributed by atoms with Crippen molar-refractivity contribution in [2.24, 2.45) is 0 Å². The largest absolute Gasteiger partial charge is 0.468 e. The zero-order valence-electron chi connectivity index (χ0n) is 11.7. The molecule has 2 aromatic carbocycles. The van der Waals surface area contributed by atoms with Gasteiger partial charge in [-0.1, -0.05) is 18.2 Å². The highest BCUT2D eigenvalue weighted by Crippen LogP contribution is 2.30. The van der Waals surface area contributed by atoms with Gasteiger partial charge in [-0.3, -0.25) is 9.59 Å². The number of amides is 2. The number of aryl methyl sites for hydroxylation is 1. The molecule has 1 aliphatic heterocycles. The van der Waals surface area contributed by atoms with Crippen LogP contribution in [0.1, 0.15) is 5.56 Å². The van der Waals surface area contributed by atoms with Gasteiger partial charge in [0, 0.05) is 0 Å². The van der Waals surface area contributed by atoms with Crippen molar-refractivity contribution in [1.29, 1.82) is 0 Å². The number of hydrogen-bond acceptors (Lipinski definition) is 3. The highest BCUT2D eigenvalue weighted by molar-refractivity contribution is 6.15. The summed E-state index contributed by atoms with van der Waals surface area (Å²) in [5.74, 6) is -1.50. The second-order valence-corrected chi connectivity index (χ2v) is 4.96. The Morgan fingerprint density at radius 1 is 1.27 bits per heavy atom. The predicted molar refractivity (Wildman–Crippen MR) is 79.3 cm³/mol. The molecule has 2 aromatic rings. The van der Waals surface area contributed by atoms with Crippen molar-refractivity contribution in [1.82, 2.24) is 0 Å². The summed E-state index contributed by atoms with van der Waals surface area (Å²) in [5, 5.41) is 4.97. The summed E-state index contributed by atoms with van der Waals surface area (Å²) < 4.78 is 19.0. The minimum Gasteiger partial charge on any atom is -0.468 e. The van der Waals surface area contributed by atoms with Gasteiger partial charge >= 0.3 is 0 Å². The Morgan fingerprint density at radius 3 is 2.82 bits per heavy atom. The van der Waals surface area contributed by atoms with Gasteiger partial charge in [0.05, 0.1) is 11.4 Å². The van der Waals surface area contributed by atoms with E-state index in [4.69, 9.17) is 4.74 Å². The lowest BCUT2D eigenvalue weighted by molar-refractivity contribution is -0.133. The summed E-state index contributed by atoms with van der Waals surface area (Å²) in [6.45, 7) is 1.88. The van der Waals surface area contributed by atoms with E-state index >= 15 is 0 Å². The van der Waals surface area contributed by atoms with Crippen LogP contribution >= 0.6 is 0 Å². The molecule has 0 radical (unpaired) electrons. The number of halogens is 1. The fourth-order valence-corrected chi connectivity index (χ4v) is 2.16. The normalized spacial score (nSPS) is 16.3. The highest BCUT2D eigenvalue weighted by Gasteiger charge is 2.34. The van der Waals surface area contributed by atoms with E-state index in [0.29, 0.717) is 11.4 Å². The lowest BCUT2D eigenvalue weighted by Gasteiger charge is -2.25. The van der Waals surface area contributed by atoms with Crippen LogP contribution in [0.3, 0.4) is 0 Å². The average Bonchev–Trinajstić information content (AvgIpc) is 2.48. The molecule has 0 fully saturated rings. The van der Waals surface area contributed by atoms with Crippen LogP contribution in [-0.2, 0) is 9.59 Å². The second kappa shape index (κ2) is 5.48. The van der Waals surface area contributed by atoms with Crippen molar-refractivity contribution >= 4 is 23.2 Å². The van der Waals surface area contributed by atoms with Gasteiger partial charge in [0.1, 0.15) is 11.6 Å². The molecule has 112 valence electrons. The summed E-state index contributed by atoms with van der Waals surface area (Å²) in [7, 11) is 0. The smallest absolute Gasteiger partial charge is 0.275 e. The van der Waals surface area contributed by atoms with Crippen LogP contribution in [0, 0.1) is 12.7 Å². The van der Waals surface area contributed by atoms with Crippen LogP contribution < -0.4 is 15.4 Å². The Bertz CT molecular complexity index is 761. The van der Waals surface area contributed by atoms with Crippen LogP contribution in [0.15, 0.2) is 42.5 Å². The molecule has 22 heavy (non-hydrogen) atoms. The van der Waals surface area contributed by atoms with Crippen LogP contribution in [0.5, 0.6) is 5.75 Å². The Hall–Kier alpha value is -2.89. The van der Waals surface area contributed by atoms with Gasteiger partial charge in [-0.15, -0.1) is 0 Å². The third kappa shape index (κ3) is 2.63. The van der Waals surface area contributed by atoms with Crippen LogP contribution in [0.25, 0.3) is 0 Å². The summed E-state index contributed by atoms with van der Waals surface area (Å²) in [5.41, 5.74) is 1.47. The maximum Gasteiger partial charge on any atom is 0.275 e. The maximum atomic E-state index is 13.5. The first-order valence-electron chi connectivity index (χ1n) is 6.68. The molecule has 2 amide bonds. The average molecular weight is 300 g/mol. The van der Waals surface area contributed by atoms with E-state index in [2.05, 4.69) is 10.6 Å². The molecular weight excluding hydrogens is 287 g/mol. The molecule has 6 heteroatoms. The zero-order valence-corrected chi connectivity index (χ0v) is 11.7. The molecule has 1 atom stereocenters. The topological polar surface area (TPSA) is 67.4 Å². The van der Waals surface area contributed by atoms with Crippen molar-refractivity contribution < 1.29 is 18.7 Å². The number of nitrogens with one attached hydrogen (secondary N) is 2. The highest BCUT2D eigenvalue weighted by atomic mass is 19.1. The quantitative estimate of drug-likeness (QED) is 0.837. The fraction of sp³-hybridized carbons (Fsp3) is 0.125. The minimum absolute atomic E-state index is 0.00129. The van der Waals surface area contributed by atoms with E-state index < -0.39 is 23.7 Å². The summed E-state index contributed by atoms with van der Waals surface area (Å²) in [6.07, 6.45) is -1.37. The molecule has 3 rings (SSSR count). The zero-order chi connectivity index (χ0) is 15.7. The Kier molecular flexibility index (Phi) is 3.50. The molecule has 1 unspecified atom stereocenters. The van der Waals surface area contributed by atoms with E-state index in [1.807, 2.05) is 13.0 Å². The fourth-order valence-electron chi connectivity index (χ4n) is 2.16. The van der Waals surface area contributed by atoms with Gasteiger partial charge in [0.25, 0.3) is 17.9 Å². The maximum absolute atomic E-state index is 13.5. The van der Waals surface area contributed by atoms with Crippen molar-refractivity contribution in [2.75, 3.05) is 10.6 Å². The molecule has 1 heterocycles. The first-order valence-corrected chi connectivity index (χ1v) is 6.68. The minimum atomic E-state index is -1.37. The molecule has 0 aromatic heterocycles. The number of ether oxygens (including phenoxy) is 1. The van der Waals surface area contributed by atoms with Gasteiger partial charge < -0.3 is 15.4 Å². The molecule has 5 nitrogen and oxygen atoms in total. The van der Waals surface area contributed by atoms with Crippen LogP contribution in [0.4, 0.5) is 15.8 Å². The van der Waals surface area contributed by atoms with Crippen molar-refractivity contribution in [2.45, 2.75) is 13.0 Å². The van der Waals surface area contributed by atoms with Gasteiger partial charge in [0.15, 0.2) is 0 Å². The molecule has 2 N–H and O–H groups in total. The monoisotopic (exact) mass is 300 g/mol. The molecule has 0 saturated carbocycles. The third-order valence-corrected chi connectivity index (χ3v) is 3.25. The van der Waals surface area contributed by atoms with E-state index in [1.54, 1.807) is 18.2 Å². The standard InChI is InChI=1S/C16H13FN2O3/c1-9-6-7-13-12(8-9)19-16(21)14(22-13)15(20)18-11-5-3-2-4-10(11)17/h2-8,14H,1H3,(H,18,20)(H,19,21). The lowest BCUT2D eigenvalue weighted by atomic mass is 10.1. The number of para-hydroxylation sites is 1. The van der Waals surface area contributed by atoms with Crippen molar-refractivity contribution in [3.63, 3.8) is 0 Å². The van der Waals surface area contributed by atoms with Gasteiger partial charge in [0.2, 0.25) is 0 Å². The molecule has 0 spiro atoms. The molecular formula is C16H13FN2O3. The van der Waals surface area contributed by atoms with Crippen molar-refractivity contribution in [3.8, 4) is 5.75 Å². The molecule has 0 aliphatic carbocycles. The summed E-state index contributed by atoms with van der Waals surface area (Å²) in [6, 6.07) is 10.9. The van der Waals surface area contributed by atoms with E-state index in [1.165, 1.54) is 18.2 Å². The summed E-state index contributed by atoms with van der Waals surface area (Å²) >= 11 is 0. The number of anilines is 2. The molecule has 0 saturated heterocycles. The van der Waals surface area contributed by atoms with E-state index in [-0.39, 0.29) is 5.69 Å². The van der Waals surface area contributed by atoms with Gasteiger partial charge in [-0.2, -0.15) is 0 Å². The Balaban J connectivity index is 1.80. The van der Waals surface area contributed by atoms with Gasteiger partial charge in [-0.05, 0) is 36.8 Å². The van der Waals surface area contributed by atoms with Crippen LogP contribution in [-0.4, -0.2) is 17.9 Å². The molecule has 1 aliphatic rings. The predicted octanol–water partition coefficient (Wildman–Crippen LogP) is 2.47. The first kappa shape index (κ1) is 14.1. The number of carbonyl (C=O) groups is 2. The van der Waals surface area contributed by atoms with E-state index in [0.717, 1.165) is 5.56 Å². The lowest BCUT2D eigenvalue weighted by Crippen LogP contribution is -2.45. The Morgan fingerprint density at radius 2 is 2.05 bits per heavy atom. The summed E-state index contributed by atoms with van der Waals surface area (Å²) in [4.78, 5) is 24.1. The SMILES string of the molecule is Cc1ccc2c(c1)NC(=O)C(C(=O)Nc1ccccc1F)O2. The number of rotatable bonds is 2. The first-order chi connectivity index (χ1) is 10.5. The Labute approximate surface area is 126 Å². The van der Waals surface area contributed by atoms with Crippen molar-refractivity contribution in [3.05, 3.63) is 53.8 Å². The number of fused-ring (bicyclic) bond motifs is 1. The van der Waals surface area contributed by atoms with E-state index in [9.17, 15) is 14.0 Å². The second-order valence-electron chi connectivity index (χ2n) is 4.96. The van der Waals surface area contributed by atoms with Crippen LogP contribution in [0.2, 0.25) is 0 Å². The number of hydrogen-bond donors (Lipinski definition) is 2. The third-order valence-electron chi connectivity index (χ3n) is 3.25. The molecule has 0 bridgehead atoms. The number of benzene rings is 2. The van der Waals surface area contributed by atoms with Gasteiger partial charge in [-0.25, -0.2) is 4.39 Å².